The molecule has 0 radical (unpaired) electrons. The van der Waals surface area contributed by atoms with E-state index in [1.807, 2.05) is 49.4 Å². The molecule has 3 rings (SSSR count). The molecular weight excluding hydrogens is 396 g/mol. The quantitative estimate of drug-likeness (QED) is 0.251. The number of carbonyl (C=O) groups excluding carboxylic acids is 2. The molecule has 6 heteroatoms. The van der Waals surface area contributed by atoms with Gasteiger partial charge < -0.3 is 4.74 Å². The van der Waals surface area contributed by atoms with Crippen LogP contribution in [0.4, 0.5) is 0 Å². The highest BCUT2D eigenvalue weighted by Crippen LogP contribution is 2.14. The summed E-state index contributed by atoms with van der Waals surface area (Å²) in [4.78, 5) is 24.0. The minimum Gasteiger partial charge on any atom is -0.423 e. The van der Waals surface area contributed by atoms with E-state index >= 15 is 0 Å². The maximum atomic E-state index is 12.2. The topological polar surface area (TPSA) is 67.8 Å². The van der Waals surface area contributed by atoms with E-state index in [0.29, 0.717) is 17.1 Å². The van der Waals surface area contributed by atoms with Crippen molar-refractivity contribution >= 4 is 29.9 Å². The van der Waals surface area contributed by atoms with Crippen molar-refractivity contribution in [3.8, 4) is 5.75 Å². The molecule has 0 saturated carbocycles. The zero-order valence-corrected chi connectivity index (χ0v) is 17.4. The zero-order valence-electron chi connectivity index (χ0n) is 16.6. The lowest BCUT2D eigenvalue weighted by atomic mass is 10.1. The summed E-state index contributed by atoms with van der Waals surface area (Å²) in [5.41, 5.74) is 5.98. The van der Waals surface area contributed by atoms with E-state index in [9.17, 15) is 9.59 Å². The monoisotopic (exact) mass is 418 g/mol. The molecule has 0 aliphatic heterocycles. The summed E-state index contributed by atoms with van der Waals surface area (Å²) in [7, 11) is 0. The van der Waals surface area contributed by atoms with Crippen molar-refractivity contribution in [1.29, 1.82) is 0 Å². The number of hydrazone groups is 1. The molecule has 0 heterocycles. The Balaban J connectivity index is 1.42. The first kappa shape index (κ1) is 21.3. The molecule has 0 fully saturated rings. The summed E-state index contributed by atoms with van der Waals surface area (Å²) in [6.07, 6.45) is 1.55. The van der Waals surface area contributed by atoms with Crippen molar-refractivity contribution < 1.29 is 14.3 Å². The molecule has 0 atom stereocenters. The standard InChI is InChI=1S/C24H22N2O3S/c1-18-6-5-9-21(14-18)24(28)29-22-12-10-19(11-13-22)15-25-26-23(27)17-30-16-20-7-3-2-4-8-20/h2-15H,16-17H2,1H3,(H,26,27)/b25-15+. The fourth-order valence-electron chi connectivity index (χ4n) is 2.61. The minimum absolute atomic E-state index is 0.157. The highest BCUT2D eigenvalue weighted by Gasteiger charge is 2.08. The average Bonchev–Trinajstić information content (AvgIpc) is 2.76. The second-order valence-electron chi connectivity index (χ2n) is 6.60. The van der Waals surface area contributed by atoms with Crippen molar-refractivity contribution in [3.05, 3.63) is 101 Å². The van der Waals surface area contributed by atoms with E-state index in [2.05, 4.69) is 10.5 Å². The normalized spacial score (nSPS) is 10.7. The summed E-state index contributed by atoms with van der Waals surface area (Å²) in [6.45, 7) is 1.92. The van der Waals surface area contributed by atoms with E-state index in [0.717, 1.165) is 16.9 Å². The lowest BCUT2D eigenvalue weighted by Gasteiger charge is -2.05. The van der Waals surface area contributed by atoms with Crippen molar-refractivity contribution in [2.45, 2.75) is 12.7 Å². The Hall–Kier alpha value is -3.38. The molecular formula is C24H22N2O3S. The third-order valence-corrected chi connectivity index (χ3v) is 5.10. The second kappa shape index (κ2) is 11.0. The molecule has 3 aromatic carbocycles. The van der Waals surface area contributed by atoms with Crippen LogP contribution in [0.3, 0.4) is 0 Å². The van der Waals surface area contributed by atoms with Gasteiger partial charge in [0.2, 0.25) is 5.91 Å². The van der Waals surface area contributed by atoms with Gasteiger partial charge in [0, 0.05) is 5.75 Å². The number of carbonyl (C=O) groups is 2. The van der Waals surface area contributed by atoms with Gasteiger partial charge in [0.25, 0.3) is 0 Å². The lowest BCUT2D eigenvalue weighted by molar-refractivity contribution is -0.118. The Labute approximate surface area is 180 Å². The van der Waals surface area contributed by atoms with Gasteiger partial charge in [-0.05, 0) is 54.4 Å². The van der Waals surface area contributed by atoms with Gasteiger partial charge in [0.15, 0.2) is 0 Å². The molecule has 0 spiro atoms. The van der Waals surface area contributed by atoms with Gasteiger partial charge in [-0.3, -0.25) is 4.79 Å². The van der Waals surface area contributed by atoms with E-state index in [1.165, 1.54) is 17.3 Å². The van der Waals surface area contributed by atoms with Crippen LogP contribution in [0.1, 0.15) is 27.0 Å². The molecule has 0 aliphatic carbocycles. The number of ether oxygens (including phenoxy) is 1. The zero-order chi connectivity index (χ0) is 21.2. The molecule has 152 valence electrons. The molecule has 5 nitrogen and oxygen atoms in total. The second-order valence-corrected chi connectivity index (χ2v) is 7.59. The smallest absolute Gasteiger partial charge is 0.343 e. The molecule has 1 N–H and O–H groups in total. The fraction of sp³-hybridized carbons (Fsp3) is 0.125. The van der Waals surface area contributed by atoms with Crippen molar-refractivity contribution in [1.82, 2.24) is 5.43 Å². The Kier molecular flexibility index (Phi) is 7.80. The predicted octanol–water partition coefficient (Wildman–Crippen LogP) is 4.60. The molecule has 3 aromatic rings. The molecule has 30 heavy (non-hydrogen) atoms. The van der Waals surface area contributed by atoms with Crippen LogP contribution in [0, 0.1) is 6.92 Å². The van der Waals surface area contributed by atoms with Crippen molar-refractivity contribution in [2.75, 3.05) is 5.75 Å². The first-order chi connectivity index (χ1) is 14.6. The van der Waals surface area contributed by atoms with Crippen LogP contribution in [0.2, 0.25) is 0 Å². The lowest BCUT2D eigenvalue weighted by Crippen LogP contribution is -2.19. The average molecular weight is 419 g/mol. The van der Waals surface area contributed by atoms with Crippen LogP contribution in [0.25, 0.3) is 0 Å². The summed E-state index contributed by atoms with van der Waals surface area (Å²) in [5, 5.41) is 3.97. The molecule has 0 aromatic heterocycles. The highest BCUT2D eigenvalue weighted by atomic mass is 32.2. The van der Waals surface area contributed by atoms with E-state index in [-0.39, 0.29) is 5.91 Å². The van der Waals surface area contributed by atoms with E-state index < -0.39 is 5.97 Å². The Morgan fingerprint density at radius 2 is 1.77 bits per heavy atom. The van der Waals surface area contributed by atoms with Crippen LogP contribution >= 0.6 is 11.8 Å². The third kappa shape index (κ3) is 6.90. The van der Waals surface area contributed by atoms with E-state index in [4.69, 9.17) is 4.74 Å². The van der Waals surface area contributed by atoms with Crippen LogP contribution in [0.5, 0.6) is 5.75 Å². The Morgan fingerprint density at radius 3 is 2.50 bits per heavy atom. The fourth-order valence-corrected chi connectivity index (χ4v) is 3.39. The largest absolute Gasteiger partial charge is 0.423 e. The maximum Gasteiger partial charge on any atom is 0.343 e. The number of hydrogen-bond donors (Lipinski definition) is 1. The number of nitrogens with zero attached hydrogens (tertiary/aromatic N) is 1. The number of thioether (sulfide) groups is 1. The molecule has 0 unspecified atom stereocenters. The maximum absolute atomic E-state index is 12.2. The number of benzene rings is 3. The number of rotatable bonds is 8. The summed E-state index contributed by atoms with van der Waals surface area (Å²) < 4.78 is 5.38. The van der Waals surface area contributed by atoms with Crippen molar-refractivity contribution in [3.63, 3.8) is 0 Å². The van der Waals surface area contributed by atoms with Gasteiger partial charge in [-0.2, -0.15) is 5.10 Å². The Bertz CT molecular complexity index is 1020. The Morgan fingerprint density at radius 1 is 1.00 bits per heavy atom. The first-order valence-corrected chi connectivity index (χ1v) is 10.6. The summed E-state index contributed by atoms with van der Waals surface area (Å²) >= 11 is 1.53. The highest BCUT2D eigenvalue weighted by molar-refractivity contribution is 7.99. The van der Waals surface area contributed by atoms with Crippen LogP contribution < -0.4 is 10.2 Å². The van der Waals surface area contributed by atoms with Crippen LogP contribution in [0.15, 0.2) is 84.0 Å². The molecule has 0 saturated heterocycles. The van der Waals surface area contributed by atoms with Crippen LogP contribution in [-0.4, -0.2) is 23.8 Å². The van der Waals surface area contributed by atoms with Crippen molar-refractivity contribution in [2.24, 2.45) is 5.10 Å². The number of amides is 1. The first-order valence-electron chi connectivity index (χ1n) is 9.42. The van der Waals surface area contributed by atoms with Gasteiger partial charge >= 0.3 is 5.97 Å². The predicted molar refractivity (Wildman–Crippen MR) is 121 cm³/mol. The van der Waals surface area contributed by atoms with Gasteiger partial charge in [-0.15, -0.1) is 11.8 Å². The summed E-state index contributed by atoms with van der Waals surface area (Å²) in [5.74, 6) is 0.997. The number of aryl methyl sites for hydroxylation is 1. The molecule has 0 aliphatic rings. The molecule has 0 bridgehead atoms. The summed E-state index contributed by atoms with van der Waals surface area (Å²) in [6, 6.07) is 24.1. The van der Waals surface area contributed by atoms with Gasteiger partial charge in [0.1, 0.15) is 5.75 Å². The van der Waals surface area contributed by atoms with Crippen LogP contribution in [-0.2, 0) is 10.5 Å². The van der Waals surface area contributed by atoms with Gasteiger partial charge in [0.05, 0.1) is 17.5 Å². The van der Waals surface area contributed by atoms with Gasteiger partial charge in [-0.25, -0.2) is 10.2 Å². The SMILES string of the molecule is Cc1cccc(C(=O)Oc2ccc(/C=N/NC(=O)CSCc3ccccc3)cc2)c1. The number of nitrogens with one attached hydrogen (secondary N) is 1. The molecule has 1 amide bonds. The van der Waals surface area contributed by atoms with Gasteiger partial charge in [-0.1, -0.05) is 48.0 Å². The number of esters is 1. The minimum atomic E-state index is -0.402. The third-order valence-electron chi connectivity index (χ3n) is 4.09. The number of hydrogen-bond acceptors (Lipinski definition) is 5. The van der Waals surface area contributed by atoms with E-state index in [1.54, 1.807) is 42.6 Å².